The molecule has 35 heteroatoms. The third-order valence-corrected chi connectivity index (χ3v) is 27.1. The summed E-state index contributed by atoms with van der Waals surface area (Å²) in [6.45, 7) is 30.0. The van der Waals surface area contributed by atoms with E-state index in [1.165, 1.54) is 66.4 Å². The topological polar surface area (TPSA) is 394 Å². The van der Waals surface area contributed by atoms with Crippen LogP contribution in [0.2, 0.25) is 0 Å². The molecule has 2 aromatic carbocycles. The van der Waals surface area contributed by atoms with Crippen molar-refractivity contribution in [2.45, 2.75) is 306 Å². The Labute approximate surface area is 705 Å². The fourth-order valence-electron chi connectivity index (χ4n) is 21.1. The molecule has 9 fully saturated rings. The Morgan fingerprint density at radius 2 is 0.984 bits per heavy atom. The van der Waals surface area contributed by atoms with Crippen molar-refractivity contribution in [3.05, 3.63) is 107 Å². The molecule has 5 aliphatic heterocycles. The Morgan fingerprint density at radius 3 is 1.32 bits per heavy atom. The lowest BCUT2D eigenvalue weighted by atomic mass is 9.45. The summed E-state index contributed by atoms with van der Waals surface area (Å²) in [4.78, 5) is 124. The summed E-state index contributed by atoms with van der Waals surface area (Å²) in [7, 11) is 3.36. The van der Waals surface area contributed by atoms with Gasteiger partial charge in [0.15, 0.2) is 36.0 Å². The molecule has 674 valence electrons. The molecule has 3 amide bonds. The van der Waals surface area contributed by atoms with Gasteiger partial charge in [-0.1, -0.05) is 84.5 Å². The van der Waals surface area contributed by atoms with Crippen molar-refractivity contribution in [1.82, 2.24) is 20.4 Å². The summed E-state index contributed by atoms with van der Waals surface area (Å²) in [6, 6.07) is 10.9. The summed E-state index contributed by atoms with van der Waals surface area (Å²) >= 11 is 0. The van der Waals surface area contributed by atoms with Gasteiger partial charge in [-0.2, -0.15) is 0 Å². The molecule has 5 heterocycles. The number of benzene rings is 2. The van der Waals surface area contributed by atoms with Crippen LogP contribution in [-0.2, 0) is 90.3 Å². The number of carbonyl (C=O) groups is 9. The predicted octanol–water partition coefficient (Wildman–Crippen LogP) is 8.07. The third-order valence-electron chi connectivity index (χ3n) is 27.1. The first-order chi connectivity index (χ1) is 56.8. The standard InChI is InChI=1S/C46H63F2N3O14.C41H53F2NO13/c1-23-27(60-40(56)32(53)31(37(47)48)49-41(57)65-42(3,4)5)20-46(58)36(63-39(55)25-14-12-11-13-15-25)34-44(8,18-16-28-45(34,22-59-28)64-24(2)52)35-33(30(23)43(46,6)7)61-29(62-35)21-51-19-17-26(51)38(54)50(9)10;1-10-25-53-29-26-20(2)23(52-35(48)28(46)27(33(42)43)44-36(49)57-37(4,5)6)18-41(50,38(26,7)8)32(55-34(47)22-14-12-11-13-15-22)30-39(9,31(29)54-25)17-16-24-40(30,19-51-24)56-21(3)45/h11-15,26-29,31-37,53,58H,16-22H2,1-10H3,(H,49,57);10-15,23-25,27-33,46,50H,1,16-19H2,2-9H3,(H,44,49)/t26-,27-,28+,29+,31+,32+,33+,34-,35+,36-,44+,45-,46+;23-,24+,25+,27+,28+,29+,30-,31+,32-,39+,40-,41+/m00/s1. The van der Waals surface area contributed by atoms with Gasteiger partial charge in [0.1, 0.15) is 83.3 Å². The normalized spacial score (nSPS) is 36.1. The van der Waals surface area contributed by atoms with Gasteiger partial charge in [0, 0.05) is 69.0 Å². The molecule has 13 rings (SSSR count). The number of aliphatic hydroxyl groups excluding tert-OH is 2. The molecule has 122 heavy (non-hydrogen) atoms. The van der Waals surface area contributed by atoms with Gasteiger partial charge in [-0.15, -0.1) is 0 Å². The number of nitrogens with zero attached hydrogens (tertiary/aromatic N) is 2. The number of fused-ring (bicyclic) bond motifs is 16. The van der Waals surface area contributed by atoms with E-state index in [1.54, 1.807) is 116 Å². The number of ether oxygens (including phenoxy) is 14. The van der Waals surface area contributed by atoms with Gasteiger partial charge in [-0.05, 0) is 140 Å². The molecule has 4 bridgehead atoms. The number of hydrogen-bond donors (Lipinski definition) is 6. The van der Waals surface area contributed by atoms with Crippen LogP contribution >= 0.6 is 0 Å². The van der Waals surface area contributed by atoms with Crippen LogP contribution in [0.15, 0.2) is 95.6 Å². The average Bonchev–Trinajstić information content (AvgIpc) is 1.19. The SMILES string of the molecule is C=C[C@@H]1O[C@@H]2C3=C(C)[C@@H](OC(=O)[C@H](O)[C@@H](NC(=O)OC(C)(C)C)C(F)F)C[C@@](O)([C@@H](OC(=O)c4ccccc4)[C@H]4[C@@](C)(CC[C@H]5OC[C@]54OC(C)=O)[C@@H]2O1)C3(C)C.CC(=O)O[C@@]12CO[C@@H]1CC[C@@]1(C)[C@@H]3O[C@H](CN4CC[C@H]4C(=O)N(C)C)O[C@@H]3C3=C(C)[C@@H](OC(=O)[C@H](O)[C@@H](NC(=O)OC(C)(C)C)C(F)F)C[C@@](O)([C@@H](OC(=O)c4ccccc4)[C@@H]12)C3(C)C. The molecule has 25 atom stereocenters. The molecule has 0 radical (unpaired) electrons. The Kier molecular flexibility index (Phi) is 25.8. The van der Waals surface area contributed by atoms with Gasteiger partial charge in [-0.25, -0.2) is 46.3 Å². The minimum absolute atomic E-state index is 0.0822. The van der Waals surface area contributed by atoms with Gasteiger partial charge < -0.3 is 102 Å². The van der Waals surface area contributed by atoms with E-state index < -0.39 is 245 Å². The molecule has 0 aromatic heterocycles. The summed E-state index contributed by atoms with van der Waals surface area (Å²) in [5.41, 5.74) is -12.6. The quantitative estimate of drug-likeness (QED) is 0.0316. The molecule has 31 nitrogen and oxygen atoms in total. The molecular formula is C87H116F4N4O27. The van der Waals surface area contributed by atoms with Gasteiger partial charge in [-0.3, -0.25) is 19.3 Å². The molecule has 2 aromatic rings. The second-order valence-corrected chi connectivity index (χ2v) is 37.9. The molecule has 4 saturated carbocycles. The van der Waals surface area contributed by atoms with Crippen molar-refractivity contribution in [2.75, 3.05) is 40.4 Å². The fourth-order valence-corrected chi connectivity index (χ4v) is 21.1. The number of carbonyl (C=O) groups excluding carboxylic acids is 9. The van der Waals surface area contributed by atoms with Gasteiger partial charge >= 0.3 is 48.0 Å². The first-order valence-electron chi connectivity index (χ1n) is 41.3. The summed E-state index contributed by atoms with van der Waals surface area (Å²) in [5, 5.41) is 53.2. The number of amides is 3. The van der Waals surface area contributed by atoms with Gasteiger partial charge in [0.25, 0.3) is 12.9 Å². The number of likely N-dealkylation sites (N-methyl/N-ethyl adjacent to an activating group) is 1. The highest BCUT2D eigenvalue weighted by atomic mass is 19.3. The van der Waals surface area contributed by atoms with Gasteiger partial charge in [0.2, 0.25) is 5.91 Å². The zero-order valence-electron chi connectivity index (χ0n) is 72.0. The maximum atomic E-state index is 14.5. The predicted molar refractivity (Wildman–Crippen MR) is 420 cm³/mol. The van der Waals surface area contributed by atoms with Crippen LogP contribution in [-0.4, -0.2) is 275 Å². The maximum absolute atomic E-state index is 14.5. The molecule has 6 aliphatic carbocycles. The first kappa shape index (κ1) is 92.9. The number of alkyl halides is 4. The second kappa shape index (κ2) is 33.9. The van der Waals surface area contributed by atoms with E-state index in [1.807, 2.05) is 29.4 Å². The third kappa shape index (κ3) is 16.7. The van der Waals surface area contributed by atoms with E-state index in [0.717, 1.165) is 0 Å². The van der Waals surface area contributed by atoms with E-state index in [0.29, 0.717) is 60.9 Å². The molecule has 11 aliphatic rings. The van der Waals surface area contributed by atoms with Crippen molar-refractivity contribution in [1.29, 1.82) is 0 Å². The number of hydrogen-bond acceptors (Lipinski definition) is 28. The maximum Gasteiger partial charge on any atom is 0.408 e. The van der Waals surface area contributed by atoms with Crippen LogP contribution < -0.4 is 10.6 Å². The zero-order chi connectivity index (χ0) is 89.8. The van der Waals surface area contributed by atoms with Crippen molar-refractivity contribution >= 4 is 53.9 Å². The van der Waals surface area contributed by atoms with E-state index >= 15 is 0 Å². The van der Waals surface area contributed by atoms with Crippen LogP contribution in [0.1, 0.15) is 176 Å². The van der Waals surface area contributed by atoms with Crippen LogP contribution in [0.5, 0.6) is 0 Å². The monoisotopic (exact) mass is 1720 g/mol. The van der Waals surface area contributed by atoms with Crippen LogP contribution in [0.25, 0.3) is 0 Å². The number of halogens is 4. The second-order valence-electron chi connectivity index (χ2n) is 37.9. The Morgan fingerprint density at radius 1 is 0.590 bits per heavy atom. The Bertz CT molecular complexity index is 4410. The Hall–Kier alpha value is -8.23. The first-order valence-corrected chi connectivity index (χ1v) is 41.3. The lowest BCUT2D eigenvalue weighted by Gasteiger charge is -2.68. The number of likely N-dealkylation sites (tertiary alicyclic amines) is 1. The smallest absolute Gasteiger partial charge is 0.408 e. The summed E-state index contributed by atoms with van der Waals surface area (Å²) < 4.78 is 144. The van der Waals surface area contributed by atoms with Crippen molar-refractivity contribution < 1.29 is 147 Å². The highest BCUT2D eigenvalue weighted by molar-refractivity contribution is 5.90. The van der Waals surface area contributed by atoms with Gasteiger partial charge in [0.05, 0.1) is 61.0 Å². The molecule has 0 spiro atoms. The lowest BCUT2D eigenvalue weighted by Crippen LogP contribution is -2.79. The molecule has 0 unspecified atom stereocenters. The van der Waals surface area contributed by atoms with Crippen molar-refractivity contribution in [3.63, 3.8) is 0 Å². The molecule has 5 saturated heterocycles. The number of esters is 6. The summed E-state index contributed by atoms with van der Waals surface area (Å²) in [5.74, 6) is -8.17. The lowest BCUT2D eigenvalue weighted by molar-refractivity contribution is -0.345. The average molecular weight is 1730 g/mol. The summed E-state index contributed by atoms with van der Waals surface area (Å²) in [6.07, 6.45) is -25.0. The largest absolute Gasteiger partial charge is 0.456 e. The van der Waals surface area contributed by atoms with Crippen LogP contribution in [0, 0.1) is 33.5 Å². The highest BCUT2D eigenvalue weighted by Crippen LogP contribution is 2.69. The molecular weight excluding hydrogens is 1610 g/mol. The minimum Gasteiger partial charge on any atom is -0.456 e. The van der Waals surface area contributed by atoms with E-state index in [-0.39, 0.29) is 36.8 Å². The van der Waals surface area contributed by atoms with Crippen molar-refractivity contribution in [2.24, 2.45) is 33.5 Å². The number of nitrogens with one attached hydrogen (secondary N) is 2. The molecule has 6 N–H and O–H groups in total. The number of aliphatic hydroxyl groups is 4. The number of rotatable bonds is 20. The van der Waals surface area contributed by atoms with Crippen molar-refractivity contribution in [3.8, 4) is 0 Å². The zero-order valence-corrected chi connectivity index (χ0v) is 72.0. The fraction of sp³-hybridized carbons (Fsp3) is 0.690. The minimum atomic E-state index is -3.45. The van der Waals surface area contributed by atoms with Crippen LogP contribution in [0.3, 0.4) is 0 Å². The Balaban J connectivity index is 0.000000225. The number of alkyl carbamates (subject to hydrolysis) is 2. The van der Waals surface area contributed by atoms with Crippen LogP contribution in [0.4, 0.5) is 27.2 Å². The highest BCUT2D eigenvalue weighted by Gasteiger charge is 2.80. The van der Waals surface area contributed by atoms with E-state index in [9.17, 15) is 81.1 Å². The van der Waals surface area contributed by atoms with E-state index in [4.69, 9.17) is 66.3 Å². The van der Waals surface area contributed by atoms with E-state index in [2.05, 4.69) is 6.58 Å².